The average Bonchev–Trinajstić information content (AvgIpc) is 3.03. The molecule has 128 valence electrons. The Morgan fingerprint density at radius 3 is 2.83 bits per heavy atom. The smallest absolute Gasteiger partial charge is 0.253 e. The second-order valence-corrected chi connectivity index (χ2v) is 5.35. The number of thiazole rings is 1. The summed E-state index contributed by atoms with van der Waals surface area (Å²) >= 11 is 1.54. The minimum atomic E-state index is -0.00985. The molecule has 0 radical (unpaired) electrons. The number of ether oxygens (including phenoxy) is 1. The van der Waals surface area contributed by atoms with E-state index in [1.54, 1.807) is 29.6 Å². The van der Waals surface area contributed by atoms with Crippen molar-refractivity contribution in [1.29, 1.82) is 0 Å². The first-order valence-corrected chi connectivity index (χ1v) is 7.65. The Balaban J connectivity index is 0.00000242. The van der Waals surface area contributed by atoms with Crippen molar-refractivity contribution in [3.63, 3.8) is 0 Å². The molecule has 0 saturated heterocycles. The van der Waals surface area contributed by atoms with Crippen molar-refractivity contribution in [3.05, 3.63) is 46.4 Å². The maximum atomic E-state index is 12.3. The van der Waals surface area contributed by atoms with Gasteiger partial charge in [0.25, 0.3) is 5.91 Å². The molecule has 0 aliphatic heterocycles. The van der Waals surface area contributed by atoms with Crippen LogP contribution >= 0.6 is 36.2 Å². The highest BCUT2D eigenvalue weighted by atomic mass is 35.5. The number of rotatable bonds is 7. The van der Waals surface area contributed by atoms with Gasteiger partial charge in [0.05, 0.1) is 11.2 Å². The second kappa shape index (κ2) is 11.2. The molecule has 2 aromatic rings. The lowest BCUT2D eigenvalue weighted by atomic mass is 10.2. The highest BCUT2D eigenvalue weighted by Crippen LogP contribution is 2.16. The van der Waals surface area contributed by atoms with Gasteiger partial charge >= 0.3 is 0 Å². The largest absolute Gasteiger partial charge is 0.487 e. The number of benzene rings is 1. The third-order valence-corrected chi connectivity index (χ3v) is 3.63. The SMILES string of the molecule is CNCCN(C)C(=O)c1cccc(OCc2cscn2)c1.Cl.Cl. The molecule has 1 heterocycles. The molecule has 2 rings (SSSR count). The summed E-state index contributed by atoms with van der Waals surface area (Å²) in [5.41, 5.74) is 3.29. The first kappa shape index (κ1) is 21.7. The van der Waals surface area contributed by atoms with Gasteiger partial charge in [-0.2, -0.15) is 0 Å². The molecule has 5 nitrogen and oxygen atoms in total. The predicted octanol–water partition coefficient (Wildman–Crippen LogP) is 2.86. The minimum absolute atomic E-state index is 0. The van der Waals surface area contributed by atoms with Gasteiger partial charge in [0.1, 0.15) is 12.4 Å². The van der Waals surface area contributed by atoms with E-state index in [4.69, 9.17) is 4.74 Å². The van der Waals surface area contributed by atoms with Crippen molar-refractivity contribution >= 4 is 42.1 Å². The Hall–Kier alpha value is -1.34. The molecule has 0 saturated carbocycles. The van der Waals surface area contributed by atoms with Gasteiger partial charge in [0, 0.05) is 31.1 Å². The standard InChI is InChI=1S/C15H19N3O2S.2ClH/c1-16-6-7-18(2)15(19)12-4-3-5-14(8-12)20-9-13-10-21-11-17-13;;/h3-5,8,10-11,16H,6-7,9H2,1-2H3;2*1H. The molecule has 0 bridgehead atoms. The van der Waals surface area contributed by atoms with E-state index < -0.39 is 0 Å². The molecule has 0 aliphatic carbocycles. The van der Waals surface area contributed by atoms with Gasteiger partial charge in [-0.05, 0) is 25.2 Å². The monoisotopic (exact) mass is 377 g/mol. The summed E-state index contributed by atoms with van der Waals surface area (Å²) < 4.78 is 5.66. The molecule has 1 aromatic carbocycles. The summed E-state index contributed by atoms with van der Waals surface area (Å²) in [6, 6.07) is 7.24. The topological polar surface area (TPSA) is 54.5 Å². The molecule has 1 N–H and O–H groups in total. The normalized spacial score (nSPS) is 9.48. The van der Waals surface area contributed by atoms with Gasteiger partial charge in [-0.25, -0.2) is 4.98 Å². The highest BCUT2D eigenvalue weighted by molar-refractivity contribution is 7.07. The number of nitrogens with zero attached hydrogens (tertiary/aromatic N) is 2. The number of hydrogen-bond donors (Lipinski definition) is 1. The summed E-state index contributed by atoms with van der Waals surface area (Å²) in [5, 5.41) is 4.97. The van der Waals surface area contributed by atoms with Crippen molar-refractivity contribution in [2.24, 2.45) is 0 Å². The molecular weight excluding hydrogens is 357 g/mol. The van der Waals surface area contributed by atoms with E-state index in [0.717, 1.165) is 12.2 Å². The number of carbonyl (C=O) groups is 1. The van der Waals surface area contributed by atoms with Crippen LogP contribution in [0, 0.1) is 0 Å². The van der Waals surface area contributed by atoms with E-state index in [0.29, 0.717) is 24.5 Å². The van der Waals surface area contributed by atoms with Crippen LogP contribution in [0.4, 0.5) is 0 Å². The summed E-state index contributed by atoms with van der Waals surface area (Å²) in [6.07, 6.45) is 0. The van der Waals surface area contributed by atoms with E-state index in [1.807, 2.05) is 24.6 Å². The molecule has 0 spiro atoms. The van der Waals surface area contributed by atoms with Crippen LogP contribution in [0.15, 0.2) is 35.2 Å². The fourth-order valence-electron chi connectivity index (χ4n) is 1.79. The molecule has 1 aromatic heterocycles. The average molecular weight is 378 g/mol. The zero-order valence-corrected chi connectivity index (χ0v) is 15.5. The van der Waals surface area contributed by atoms with Crippen LogP contribution < -0.4 is 10.1 Å². The zero-order valence-electron chi connectivity index (χ0n) is 13.0. The third kappa shape index (κ3) is 6.74. The molecule has 0 aliphatic rings. The van der Waals surface area contributed by atoms with E-state index in [2.05, 4.69) is 10.3 Å². The zero-order chi connectivity index (χ0) is 15.1. The van der Waals surface area contributed by atoms with E-state index in [9.17, 15) is 4.79 Å². The fraction of sp³-hybridized carbons (Fsp3) is 0.333. The lowest BCUT2D eigenvalue weighted by Crippen LogP contribution is -2.32. The number of halogens is 2. The van der Waals surface area contributed by atoms with E-state index in [-0.39, 0.29) is 30.7 Å². The van der Waals surface area contributed by atoms with Crippen LogP contribution in [0.3, 0.4) is 0 Å². The quantitative estimate of drug-likeness (QED) is 0.805. The van der Waals surface area contributed by atoms with E-state index in [1.165, 1.54) is 11.3 Å². The molecule has 0 atom stereocenters. The van der Waals surface area contributed by atoms with Crippen LogP contribution in [0.1, 0.15) is 16.1 Å². The van der Waals surface area contributed by atoms with Crippen LogP contribution in [0.2, 0.25) is 0 Å². The lowest BCUT2D eigenvalue weighted by molar-refractivity contribution is 0.0796. The van der Waals surface area contributed by atoms with Crippen LogP contribution in [-0.2, 0) is 6.61 Å². The van der Waals surface area contributed by atoms with Crippen molar-refractivity contribution in [2.75, 3.05) is 27.2 Å². The van der Waals surface area contributed by atoms with E-state index >= 15 is 0 Å². The van der Waals surface area contributed by atoms with Crippen molar-refractivity contribution in [3.8, 4) is 5.75 Å². The van der Waals surface area contributed by atoms with Gasteiger partial charge in [0.15, 0.2) is 0 Å². The van der Waals surface area contributed by atoms with Gasteiger partial charge in [-0.1, -0.05) is 6.07 Å². The molecule has 23 heavy (non-hydrogen) atoms. The van der Waals surface area contributed by atoms with Gasteiger partial charge in [-0.15, -0.1) is 36.2 Å². The molecular formula is C15H21Cl2N3O2S. The van der Waals surface area contributed by atoms with Gasteiger partial charge < -0.3 is 15.0 Å². The lowest BCUT2D eigenvalue weighted by Gasteiger charge is -2.17. The van der Waals surface area contributed by atoms with Crippen LogP contribution in [0.25, 0.3) is 0 Å². The van der Waals surface area contributed by atoms with Gasteiger partial charge in [-0.3, -0.25) is 4.79 Å². The number of hydrogen-bond acceptors (Lipinski definition) is 5. The number of nitrogens with one attached hydrogen (secondary N) is 1. The predicted molar refractivity (Wildman–Crippen MR) is 98.3 cm³/mol. The molecule has 1 amide bonds. The minimum Gasteiger partial charge on any atom is -0.487 e. The first-order chi connectivity index (χ1) is 10.2. The number of carbonyl (C=O) groups excluding carboxylic acids is 1. The summed E-state index contributed by atoms with van der Waals surface area (Å²) in [5.74, 6) is 0.667. The molecule has 0 fully saturated rings. The van der Waals surface area contributed by atoms with Crippen molar-refractivity contribution < 1.29 is 9.53 Å². The van der Waals surface area contributed by atoms with Crippen LogP contribution in [-0.4, -0.2) is 43.0 Å². The third-order valence-electron chi connectivity index (χ3n) is 3.00. The summed E-state index contributed by atoms with van der Waals surface area (Å²) in [7, 11) is 3.66. The number of amides is 1. The maximum Gasteiger partial charge on any atom is 0.253 e. The number of likely N-dealkylation sites (N-methyl/N-ethyl adjacent to an activating group) is 2. The Morgan fingerprint density at radius 2 is 2.17 bits per heavy atom. The fourth-order valence-corrected chi connectivity index (χ4v) is 2.33. The first-order valence-electron chi connectivity index (χ1n) is 6.70. The van der Waals surface area contributed by atoms with Crippen molar-refractivity contribution in [2.45, 2.75) is 6.61 Å². The van der Waals surface area contributed by atoms with Crippen molar-refractivity contribution in [1.82, 2.24) is 15.2 Å². The summed E-state index contributed by atoms with van der Waals surface area (Å²) in [6.45, 7) is 1.85. The number of aromatic nitrogens is 1. The Bertz CT molecular complexity index is 582. The molecule has 8 heteroatoms. The summed E-state index contributed by atoms with van der Waals surface area (Å²) in [4.78, 5) is 18.1. The van der Waals surface area contributed by atoms with Crippen LogP contribution in [0.5, 0.6) is 5.75 Å². The second-order valence-electron chi connectivity index (χ2n) is 4.63. The van der Waals surface area contributed by atoms with Gasteiger partial charge in [0.2, 0.25) is 0 Å². The highest BCUT2D eigenvalue weighted by Gasteiger charge is 2.11. The Labute approximate surface area is 152 Å². The molecule has 0 unspecified atom stereocenters. The maximum absolute atomic E-state index is 12.3. The Kier molecular flexibility index (Phi) is 10.6. The Morgan fingerprint density at radius 1 is 1.39 bits per heavy atom.